The highest BCUT2D eigenvalue weighted by molar-refractivity contribution is 5.78. The number of benzene rings is 1. The number of likely N-dealkylation sites (tertiary alicyclic amines) is 1. The van der Waals surface area contributed by atoms with Crippen LogP contribution < -0.4 is 5.32 Å². The van der Waals surface area contributed by atoms with Crippen LogP contribution in [0.2, 0.25) is 0 Å². The molecule has 1 saturated heterocycles. The van der Waals surface area contributed by atoms with Crippen molar-refractivity contribution in [1.82, 2.24) is 10.2 Å². The molecule has 1 aliphatic heterocycles. The van der Waals surface area contributed by atoms with Gasteiger partial charge in [0, 0.05) is 19.6 Å². The number of carboxylic acid groups (broad SMARTS) is 1. The van der Waals surface area contributed by atoms with E-state index in [4.69, 9.17) is 5.11 Å². The smallest absolute Gasteiger partial charge is 0.306 e. The fraction of sp³-hybridized carbons (Fsp3) is 0.500. The number of aryl methyl sites for hydroxylation is 1. The summed E-state index contributed by atoms with van der Waals surface area (Å²) in [4.78, 5) is 24.7. The molecule has 0 radical (unpaired) electrons. The van der Waals surface area contributed by atoms with E-state index in [1.54, 1.807) is 4.90 Å². The van der Waals surface area contributed by atoms with E-state index in [2.05, 4.69) is 11.4 Å². The molecule has 0 saturated carbocycles. The summed E-state index contributed by atoms with van der Waals surface area (Å²) in [5.41, 5.74) is 2.36. The number of amides is 1. The molecule has 0 aromatic heterocycles. The van der Waals surface area contributed by atoms with E-state index < -0.39 is 5.97 Å². The average Bonchev–Trinajstić information content (AvgIpc) is 2.47. The maximum Gasteiger partial charge on any atom is 0.306 e. The number of hydrogen-bond donors (Lipinski definition) is 2. The second-order valence-corrected chi connectivity index (χ2v) is 5.59. The summed E-state index contributed by atoms with van der Waals surface area (Å²) in [5.74, 6) is -1.000. The standard InChI is InChI=1S/C16H22N2O3/c1-12-3-2-4-13(9-12)10-17-11-15(19)18-7-5-14(6-8-18)16(20)21/h2-4,9,14,17H,5-8,10-11H2,1H3,(H,20,21). The first-order valence-corrected chi connectivity index (χ1v) is 7.33. The Kier molecular flexibility index (Phi) is 5.33. The molecule has 1 aliphatic rings. The lowest BCUT2D eigenvalue weighted by Crippen LogP contribution is -2.43. The van der Waals surface area contributed by atoms with E-state index in [0.717, 1.165) is 5.56 Å². The molecular weight excluding hydrogens is 268 g/mol. The summed E-state index contributed by atoms with van der Waals surface area (Å²) in [6, 6.07) is 8.17. The molecule has 1 fully saturated rings. The monoisotopic (exact) mass is 290 g/mol. The number of hydrogen-bond acceptors (Lipinski definition) is 3. The van der Waals surface area contributed by atoms with Crippen LogP contribution in [0.15, 0.2) is 24.3 Å². The van der Waals surface area contributed by atoms with Crippen LogP contribution in [0.3, 0.4) is 0 Å². The Bertz CT molecular complexity index is 508. The zero-order valence-electron chi connectivity index (χ0n) is 12.3. The van der Waals surface area contributed by atoms with Crippen LogP contribution >= 0.6 is 0 Å². The molecule has 1 aromatic carbocycles. The van der Waals surface area contributed by atoms with E-state index in [1.807, 2.05) is 25.1 Å². The van der Waals surface area contributed by atoms with Crippen molar-refractivity contribution < 1.29 is 14.7 Å². The predicted molar refractivity (Wildman–Crippen MR) is 79.8 cm³/mol. The van der Waals surface area contributed by atoms with Gasteiger partial charge >= 0.3 is 5.97 Å². The molecule has 21 heavy (non-hydrogen) atoms. The van der Waals surface area contributed by atoms with Crippen molar-refractivity contribution in [1.29, 1.82) is 0 Å². The van der Waals surface area contributed by atoms with Crippen LogP contribution in [0.1, 0.15) is 24.0 Å². The third-order valence-corrected chi connectivity index (χ3v) is 3.88. The highest BCUT2D eigenvalue weighted by Crippen LogP contribution is 2.17. The highest BCUT2D eigenvalue weighted by Gasteiger charge is 2.26. The maximum absolute atomic E-state index is 12.0. The summed E-state index contributed by atoms with van der Waals surface area (Å²) >= 11 is 0. The summed E-state index contributed by atoms with van der Waals surface area (Å²) in [7, 11) is 0. The molecule has 2 rings (SSSR count). The van der Waals surface area contributed by atoms with Gasteiger partial charge in [0.05, 0.1) is 12.5 Å². The number of nitrogens with one attached hydrogen (secondary N) is 1. The van der Waals surface area contributed by atoms with Gasteiger partial charge in [0.2, 0.25) is 5.91 Å². The second kappa shape index (κ2) is 7.22. The van der Waals surface area contributed by atoms with E-state index in [0.29, 0.717) is 39.0 Å². The van der Waals surface area contributed by atoms with Gasteiger partial charge in [0.1, 0.15) is 0 Å². The minimum absolute atomic E-state index is 0.0477. The molecule has 5 heteroatoms. The Morgan fingerprint density at radius 2 is 2.05 bits per heavy atom. The minimum Gasteiger partial charge on any atom is -0.481 e. The number of carbonyl (C=O) groups excluding carboxylic acids is 1. The molecule has 2 N–H and O–H groups in total. The first kappa shape index (κ1) is 15.5. The van der Waals surface area contributed by atoms with Crippen molar-refractivity contribution in [2.24, 2.45) is 5.92 Å². The van der Waals surface area contributed by atoms with Gasteiger partial charge in [-0.2, -0.15) is 0 Å². The number of carboxylic acids is 1. The molecule has 1 amide bonds. The Labute approximate surface area is 125 Å². The third-order valence-electron chi connectivity index (χ3n) is 3.88. The van der Waals surface area contributed by atoms with Gasteiger partial charge < -0.3 is 15.3 Å². The number of nitrogens with zero attached hydrogens (tertiary/aromatic N) is 1. The normalized spacial score (nSPS) is 16.0. The maximum atomic E-state index is 12.0. The van der Waals surface area contributed by atoms with Gasteiger partial charge in [-0.25, -0.2) is 0 Å². The molecule has 1 aromatic rings. The minimum atomic E-state index is -0.750. The topological polar surface area (TPSA) is 69.6 Å². The van der Waals surface area contributed by atoms with Crippen LogP contribution in [-0.4, -0.2) is 41.5 Å². The van der Waals surface area contributed by atoms with E-state index in [-0.39, 0.29) is 11.8 Å². The Hall–Kier alpha value is -1.88. The second-order valence-electron chi connectivity index (χ2n) is 5.59. The van der Waals surface area contributed by atoms with Crippen LogP contribution in [0.25, 0.3) is 0 Å². The lowest BCUT2D eigenvalue weighted by atomic mass is 9.97. The fourth-order valence-corrected chi connectivity index (χ4v) is 2.62. The van der Waals surface area contributed by atoms with Gasteiger partial charge in [0.15, 0.2) is 0 Å². The first-order valence-electron chi connectivity index (χ1n) is 7.33. The van der Waals surface area contributed by atoms with Crippen molar-refractivity contribution in [2.75, 3.05) is 19.6 Å². The average molecular weight is 290 g/mol. The molecule has 0 bridgehead atoms. The molecule has 0 aliphatic carbocycles. The summed E-state index contributed by atoms with van der Waals surface area (Å²) in [6.45, 7) is 4.09. The zero-order chi connectivity index (χ0) is 15.2. The van der Waals surface area contributed by atoms with Gasteiger partial charge in [0.25, 0.3) is 0 Å². The van der Waals surface area contributed by atoms with Crippen molar-refractivity contribution in [3.8, 4) is 0 Å². The van der Waals surface area contributed by atoms with E-state index >= 15 is 0 Å². The molecule has 0 atom stereocenters. The molecule has 0 spiro atoms. The SMILES string of the molecule is Cc1cccc(CNCC(=O)N2CCC(C(=O)O)CC2)c1. The Balaban J connectivity index is 1.72. The van der Waals surface area contributed by atoms with Crippen molar-refractivity contribution in [3.63, 3.8) is 0 Å². The van der Waals surface area contributed by atoms with Crippen molar-refractivity contribution >= 4 is 11.9 Å². The number of carbonyl (C=O) groups is 2. The fourth-order valence-electron chi connectivity index (χ4n) is 2.62. The Morgan fingerprint density at radius 1 is 1.33 bits per heavy atom. The highest BCUT2D eigenvalue weighted by atomic mass is 16.4. The number of aliphatic carboxylic acids is 1. The van der Waals surface area contributed by atoms with E-state index in [9.17, 15) is 9.59 Å². The zero-order valence-corrected chi connectivity index (χ0v) is 12.3. The number of piperidine rings is 1. The quantitative estimate of drug-likeness (QED) is 0.860. The lowest BCUT2D eigenvalue weighted by Gasteiger charge is -2.30. The summed E-state index contributed by atoms with van der Waals surface area (Å²) < 4.78 is 0. The van der Waals surface area contributed by atoms with Crippen molar-refractivity contribution in [2.45, 2.75) is 26.3 Å². The largest absolute Gasteiger partial charge is 0.481 e. The van der Waals surface area contributed by atoms with Gasteiger partial charge in [-0.1, -0.05) is 29.8 Å². The lowest BCUT2D eigenvalue weighted by molar-refractivity contribution is -0.145. The third kappa shape index (κ3) is 4.56. The van der Waals surface area contributed by atoms with Crippen LogP contribution in [0, 0.1) is 12.8 Å². The van der Waals surface area contributed by atoms with Gasteiger partial charge in [-0.15, -0.1) is 0 Å². The summed E-state index contributed by atoms with van der Waals surface area (Å²) in [5, 5.41) is 12.1. The predicted octanol–water partition coefficient (Wildman–Crippen LogP) is 1.41. The summed E-state index contributed by atoms with van der Waals surface area (Å²) in [6.07, 6.45) is 1.11. The number of rotatable bonds is 5. The van der Waals surface area contributed by atoms with Crippen molar-refractivity contribution in [3.05, 3.63) is 35.4 Å². The Morgan fingerprint density at radius 3 is 2.67 bits per heavy atom. The first-order chi connectivity index (χ1) is 10.1. The van der Waals surface area contributed by atoms with Crippen LogP contribution in [-0.2, 0) is 16.1 Å². The van der Waals surface area contributed by atoms with Crippen LogP contribution in [0.5, 0.6) is 0 Å². The molecule has 0 unspecified atom stereocenters. The molecule has 1 heterocycles. The van der Waals surface area contributed by atoms with Crippen LogP contribution in [0.4, 0.5) is 0 Å². The molecule has 114 valence electrons. The molecule has 5 nitrogen and oxygen atoms in total. The van der Waals surface area contributed by atoms with E-state index in [1.165, 1.54) is 5.56 Å². The molecular formula is C16H22N2O3. The van der Waals surface area contributed by atoms with Gasteiger partial charge in [-0.3, -0.25) is 9.59 Å². The van der Waals surface area contributed by atoms with Gasteiger partial charge in [-0.05, 0) is 25.3 Å².